The number of likely N-dealkylation sites (tertiary alicyclic amines) is 1. The van der Waals surface area contributed by atoms with Gasteiger partial charge >= 0.3 is 5.97 Å². The zero-order chi connectivity index (χ0) is 33.5. The highest BCUT2D eigenvalue weighted by Crippen LogP contribution is 2.40. The minimum Gasteiger partial charge on any atom is -0.491 e. The highest BCUT2D eigenvalue weighted by molar-refractivity contribution is 7.18. The van der Waals surface area contributed by atoms with Gasteiger partial charge in [-0.05, 0) is 94.5 Å². The van der Waals surface area contributed by atoms with Crippen LogP contribution >= 0.6 is 22.9 Å². The monoisotopic (exact) mass is 686 g/mol. The van der Waals surface area contributed by atoms with Crippen molar-refractivity contribution < 1.29 is 19.0 Å². The van der Waals surface area contributed by atoms with E-state index in [9.17, 15) is 19.1 Å². The number of thiophene rings is 1. The predicted octanol–water partition coefficient (Wildman–Crippen LogP) is 7.79. The van der Waals surface area contributed by atoms with Crippen LogP contribution < -0.4 is 10.3 Å². The van der Waals surface area contributed by atoms with Crippen LogP contribution in [-0.2, 0) is 19.4 Å². The lowest BCUT2D eigenvalue weighted by Gasteiger charge is -2.43. The molecular weight excluding hydrogens is 651 g/mol. The molecule has 0 amide bonds. The van der Waals surface area contributed by atoms with Crippen LogP contribution in [0.15, 0.2) is 58.7 Å². The number of rotatable bonds is 8. The van der Waals surface area contributed by atoms with Gasteiger partial charge < -0.3 is 9.84 Å². The molecule has 4 heterocycles. The van der Waals surface area contributed by atoms with E-state index in [1.165, 1.54) is 17.4 Å². The summed E-state index contributed by atoms with van der Waals surface area (Å²) in [6.45, 7) is 5.14. The number of ether oxygens (including phenoxy) is 1. The molecule has 2 atom stereocenters. The lowest BCUT2D eigenvalue weighted by Crippen LogP contribution is -2.46. The van der Waals surface area contributed by atoms with E-state index < -0.39 is 5.97 Å². The van der Waals surface area contributed by atoms with E-state index in [2.05, 4.69) is 9.88 Å². The Morgan fingerprint density at radius 3 is 2.77 bits per heavy atom. The molecule has 0 bridgehead atoms. The molecule has 5 aromatic rings. The second-order valence-electron chi connectivity index (χ2n) is 12.7. The van der Waals surface area contributed by atoms with E-state index in [4.69, 9.17) is 21.3 Å². The Balaban J connectivity index is 1.13. The zero-order valence-electron chi connectivity index (χ0n) is 26.8. The summed E-state index contributed by atoms with van der Waals surface area (Å²) in [5, 5.41) is 11.8. The third-order valence-electron chi connectivity index (χ3n) is 9.63. The van der Waals surface area contributed by atoms with E-state index in [0.717, 1.165) is 71.3 Å². The van der Waals surface area contributed by atoms with Gasteiger partial charge in [0, 0.05) is 44.9 Å². The minimum absolute atomic E-state index is 0.0345. The summed E-state index contributed by atoms with van der Waals surface area (Å²) in [4.78, 5) is 37.7. The van der Waals surface area contributed by atoms with Crippen molar-refractivity contribution in [3.8, 4) is 16.9 Å². The van der Waals surface area contributed by atoms with E-state index in [1.54, 1.807) is 40.3 Å². The highest BCUT2D eigenvalue weighted by atomic mass is 35.5. The SMILES string of the molecule is Cc1cc(-c2cc(Cl)ccc2OCCn2c(C)nc3c(c2=O)C[C@H](N2CCCC[C@@H]2c2cccc(F)c2)CC3)c2scc(C(=O)O)c2n1. The molecule has 8 nitrogen and oxygen atoms in total. The first-order valence-corrected chi connectivity index (χ1v) is 17.6. The van der Waals surface area contributed by atoms with Crippen LogP contribution in [-0.4, -0.2) is 49.7 Å². The summed E-state index contributed by atoms with van der Waals surface area (Å²) in [6, 6.07) is 14.5. The number of carboxylic acids is 1. The van der Waals surface area contributed by atoms with Gasteiger partial charge in [0.2, 0.25) is 0 Å². The van der Waals surface area contributed by atoms with Crippen molar-refractivity contribution in [2.75, 3.05) is 13.2 Å². The lowest BCUT2D eigenvalue weighted by atomic mass is 9.86. The summed E-state index contributed by atoms with van der Waals surface area (Å²) in [6.07, 6.45) is 5.44. The van der Waals surface area contributed by atoms with Gasteiger partial charge in [-0.1, -0.05) is 30.2 Å². The van der Waals surface area contributed by atoms with Gasteiger partial charge in [-0.15, -0.1) is 11.3 Å². The van der Waals surface area contributed by atoms with Crippen LogP contribution in [0.1, 0.15) is 70.4 Å². The number of halogens is 2. The molecule has 1 fully saturated rings. The first-order valence-electron chi connectivity index (χ1n) is 16.3. The molecule has 0 unspecified atom stereocenters. The standard InChI is InChI=1S/C37H36ClFN4O4S/c1-21-16-28(35-34(40-21)30(20-48-35)37(45)46)27-18-24(38)9-12-33(27)47-15-14-42-22(2)41-31-11-10-26(19-29(31)36(42)44)43-13-4-3-8-32(43)23-6-5-7-25(39)17-23/h5-7,9,12,16-18,20,26,32H,3-4,8,10-11,13-15,19H2,1-2H3,(H,45,46)/t26-,32-/m1/s1. The third kappa shape index (κ3) is 6.24. The van der Waals surface area contributed by atoms with Crippen molar-refractivity contribution in [3.05, 3.63) is 109 Å². The number of carboxylic acid groups (broad SMARTS) is 1. The molecule has 0 spiro atoms. The maximum absolute atomic E-state index is 14.2. The fourth-order valence-electron chi connectivity index (χ4n) is 7.39. The molecule has 11 heteroatoms. The largest absolute Gasteiger partial charge is 0.491 e. The van der Waals surface area contributed by atoms with Gasteiger partial charge in [0.15, 0.2) is 0 Å². The number of benzene rings is 2. The van der Waals surface area contributed by atoms with Crippen molar-refractivity contribution in [2.24, 2.45) is 0 Å². The quantitative estimate of drug-likeness (QED) is 0.178. The van der Waals surface area contributed by atoms with Gasteiger partial charge in [-0.3, -0.25) is 19.2 Å². The number of hydrogen-bond acceptors (Lipinski definition) is 7. The van der Waals surface area contributed by atoms with Crippen molar-refractivity contribution in [2.45, 2.75) is 71.0 Å². The van der Waals surface area contributed by atoms with E-state index >= 15 is 0 Å². The number of hydrogen-bond donors (Lipinski definition) is 1. The lowest BCUT2D eigenvalue weighted by molar-refractivity contribution is 0.0699. The summed E-state index contributed by atoms with van der Waals surface area (Å²) < 4.78 is 22.9. The average Bonchev–Trinajstić information content (AvgIpc) is 3.50. The van der Waals surface area contributed by atoms with E-state index in [-0.39, 0.29) is 35.6 Å². The van der Waals surface area contributed by atoms with Crippen molar-refractivity contribution in [1.29, 1.82) is 0 Å². The maximum atomic E-state index is 14.2. The van der Waals surface area contributed by atoms with Gasteiger partial charge in [-0.25, -0.2) is 14.2 Å². The Labute approximate surface area is 286 Å². The Morgan fingerprint density at radius 1 is 1.10 bits per heavy atom. The highest BCUT2D eigenvalue weighted by Gasteiger charge is 2.34. The molecule has 1 aliphatic heterocycles. The topological polar surface area (TPSA) is 97.6 Å². The average molecular weight is 687 g/mol. The van der Waals surface area contributed by atoms with Crippen LogP contribution in [0.2, 0.25) is 5.02 Å². The second kappa shape index (κ2) is 13.4. The number of nitrogens with zero attached hydrogens (tertiary/aromatic N) is 4. The summed E-state index contributed by atoms with van der Waals surface area (Å²) in [7, 11) is 0. The molecule has 48 heavy (non-hydrogen) atoms. The maximum Gasteiger partial charge on any atom is 0.338 e. The molecule has 3 aromatic heterocycles. The summed E-state index contributed by atoms with van der Waals surface area (Å²) in [5.41, 5.74) is 5.38. The van der Waals surface area contributed by atoms with Gasteiger partial charge in [-0.2, -0.15) is 0 Å². The Morgan fingerprint density at radius 2 is 1.96 bits per heavy atom. The van der Waals surface area contributed by atoms with Gasteiger partial charge in [0.1, 0.15) is 24.0 Å². The van der Waals surface area contributed by atoms with Crippen LogP contribution in [0.3, 0.4) is 0 Å². The first kappa shape index (κ1) is 32.4. The fourth-order valence-corrected chi connectivity index (χ4v) is 8.58. The molecular formula is C37H36ClFN4O4S. The van der Waals surface area contributed by atoms with E-state index in [0.29, 0.717) is 40.8 Å². The number of piperidine rings is 1. The van der Waals surface area contributed by atoms with Crippen LogP contribution in [0.5, 0.6) is 5.75 Å². The summed E-state index contributed by atoms with van der Waals surface area (Å²) >= 11 is 7.75. The molecule has 1 saturated heterocycles. The van der Waals surface area contributed by atoms with Crippen molar-refractivity contribution >= 4 is 39.1 Å². The Bertz CT molecular complexity index is 2100. The molecule has 0 radical (unpaired) electrons. The molecule has 1 N–H and O–H groups in total. The van der Waals surface area contributed by atoms with E-state index in [1.807, 2.05) is 26.0 Å². The number of aryl methyl sites for hydroxylation is 3. The molecule has 2 aliphatic rings. The van der Waals surface area contributed by atoms with Crippen LogP contribution in [0.4, 0.5) is 4.39 Å². The number of aromatic carboxylic acids is 1. The van der Waals surface area contributed by atoms with Crippen LogP contribution in [0.25, 0.3) is 21.3 Å². The Hall–Kier alpha value is -4.12. The summed E-state index contributed by atoms with van der Waals surface area (Å²) in [5.74, 6) is -0.0210. The number of aromatic nitrogens is 3. The molecule has 1 aliphatic carbocycles. The molecule has 248 valence electrons. The van der Waals surface area contributed by atoms with Crippen molar-refractivity contribution in [3.63, 3.8) is 0 Å². The third-order valence-corrected chi connectivity index (χ3v) is 10.9. The Kier molecular flexibility index (Phi) is 9.06. The predicted molar refractivity (Wildman–Crippen MR) is 186 cm³/mol. The first-order chi connectivity index (χ1) is 23.2. The number of fused-ring (bicyclic) bond motifs is 2. The fraction of sp³-hybridized carbons (Fsp3) is 0.351. The number of pyridine rings is 1. The molecule has 0 saturated carbocycles. The number of carbonyl (C=O) groups is 1. The zero-order valence-corrected chi connectivity index (χ0v) is 28.4. The smallest absolute Gasteiger partial charge is 0.338 e. The van der Waals surface area contributed by atoms with Gasteiger partial charge in [0.05, 0.1) is 28.0 Å². The van der Waals surface area contributed by atoms with Crippen LogP contribution in [0, 0.1) is 19.7 Å². The second-order valence-corrected chi connectivity index (χ2v) is 14.0. The minimum atomic E-state index is -1.03. The molecule has 7 rings (SSSR count). The normalized spacial score (nSPS) is 18.2. The molecule has 2 aromatic carbocycles. The van der Waals surface area contributed by atoms with Gasteiger partial charge in [0.25, 0.3) is 5.56 Å². The van der Waals surface area contributed by atoms with Crippen molar-refractivity contribution in [1.82, 2.24) is 19.4 Å².